The number of anilines is 3. The van der Waals surface area contributed by atoms with E-state index < -0.39 is 23.7 Å². The number of H-pyrrole nitrogens is 1. The van der Waals surface area contributed by atoms with Crippen LogP contribution in [0.5, 0.6) is 0 Å². The fourth-order valence-electron chi connectivity index (χ4n) is 3.53. The summed E-state index contributed by atoms with van der Waals surface area (Å²) in [7, 11) is 0. The third-order valence-corrected chi connectivity index (χ3v) is 6.12. The maximum atomic E-state index is 13.3. The Morgan fingerprint density at radius 2 is 1.95 bits per heavy atom. The van der Waals surface area contributed by atoms with Gasteiger partial charge in [0.05, 0.1) is 29.9 Å². The number of nitrogens with one attached hydrogen (secondary N) is 2. The normalized spacial score (nSPS) is 11.4. The number of ether oxygens (including phenoxy) is 1. The molecule has 0 fully saturated rings. The SMILES string of the molecule is CC(C)(C)OC(=O)N(c1ccc2c(cnn2C(=O)O)c1)c1nnc(-c2ccnc(NC(=O)c3cnc[nH]3)c2)s1. The van der Waals surface area contributed by atoms with Crippen molar-refractivity contribution in [1.29, 1.82) is 0 Å². The molecule has 0 saturated carbocycles. The summed E-state index contributed by atoms with van der Waals surface area (Å²) in [6.07, 6.45) is 3.77. The first-order chi connectivity index (χ1) is 18.6. The zero-order valence-corrected chi connectivity index (χ0v) is 21.6. The molecule has 0 radical (unpaired) electrons. The highest BCUT2D eigenvalue weighted by atomic mass is 32.1. The van der Waals surface area contributed by atoms with E-state index in [9.17, 15) is 19.5 Å². The maximum Gasteiger partial charge on any atom is 0.432 e. The van der Waals surface area contributed by atoms with Gasteiger partial charge in [0.1, 0.15) is 22.1 Å². The van der Waals surface area contributed by atoms with Gasteiger partial charge in [0, 0.05) is 17.1 Å². The van der Waals surface area contributed by atoms with Crippen LogP contribution in [0.1, 0.15) is 31.3 Å². The summed E-state index contributed by atoms with van der Waals surface area (Å²) in [5, 5.41) is 25.5. The summed E-state index contributed by atoms with van der Waals surface area (Å²) >= 11 is 1.12. The van der Waals surface area contributed by atoms with Crippen LogP contribution >= 0.6 is 11.3 Å². The number of aromatic amines is 1. The number of carboxylic acid groups (broad SMARTS) is 1. The van der Waals surface area contributed by atoms with Crippen LogP contribution in [-0.4, -0.2) is 63.7 Å². The van der Waals surface area contributed by atoms with Gasteiger partial charge < -0.3 is 20.1 Å². The molecule has 0 aliphatic rings. The molecule has 4 heterocycles. The lowest BCUT2D eigenvalue weighted by atomic mass is 10.2. The minimum atomic E-state index is -1.23. The van der Waals surface area contributed by atoms with Crippen LogP contribution in [0.2, 0.25) is 0 Å². The first-order valence-corrected chi connectivity index (χ1v) is 12.2. The lowest BCUT2D eigenvalue weighted by molar-refractivity contribution is 0.0598. The first-order valence-electron chi connectivity index (χ1n) is 11.4. The van der Waals surface area contributed by atoms with Crippen molar-refractivity contribution in [2.75, 3.05) is 10.2 Å². The minimum Gasteiger partial charge on any atom is -0.463 e. The Kier molecular flexibility index (Phi) is 6.49. The maximum absolute atomic E-state index is 13.3. The van der Waals surface area contributed by atoms with Crippen molar-refractivity contribution in [1.82, 2.24) is 34.9 Å². The zero-order chi connectivity index (χ0) is 27.7. The number of carbonyl (C=O) groups is 3. The van der Waals surface area contributed by atoms with E-state index in [2.05, 4.69) is 35.6 Å². The summed E-state index contributed by atoms with van der Waals surface area (Å²) in [6, 6.07) is 8.05. The second kappa shape index (κ2) is 9.94. The standard InChI is InChI=1S/C24H21N9O5S/c1-24(2,3)38-23(37)32(15-4-5-17-14(8-15)10-28-33(17)22(35)36)21-31-30-20(39-21)13-6-7-26-18(9-13)29-19(34)16-11-25-12-27-16/h4-12H,1-3H3,(H,25,27)(H,35,36)(H,26,29,34). The Bertz CT molecular complexity index is 1690. The molecule has 0 saturated heterocycles. The summed E-state index contributed by atoms with van der Waals surface area (Å²) in [4.78, 5) is 49.1. The molecule has 5 rings (SSSR count). The number of carbonyl (C=O) groups excluding carboxylic acids is 2. The van der Waals surface area contributed by atoms with E-state index in [1.165, 1.54) is 29.8 Å². The van der Waals surface area contributed by atoms with Crippen molar-refractivity contribution < 1.29 is 24.2 Å². The molecule has 0 aliphatic heterocycles. The van der Waals surface area contributed by atoms with Gasteiger partial charge in [-0.2, -0.15) is 9.78 Å². The minimum absolute atomic E-state index is 0.212. The Hall–Kier alpha value is -5.18. The van der Waals surface area contributed by atoms with Gasteiger partial charge in [-0.1, -0.05) is 11.3 Å². The number of aromatic nitrogens is 7. The summed E-state index contributed by atoms with van der Waals surface area (Å²) in [5.41, 5.74) is 0.824. The molecule has 5 aromatic rings. The molecule has 39 heavy (non-hydrogen) atoms. The van der Waals surface area contributed by atoms with Gasteiger partial charge in [0.25, 0.3) is 5.91 Å². The number of pyridine rings is 1. The van der Waals surface area contributed by atoms with Crippen molar-refractivity contribution in [2.24, 2.45) is 0 Å². The molecule has 1 aromatic carbocycles. The number of amides is 2. The van der Waals surface area contributed by atoms with Crippen LogP contribution in [0.4, 0.5) is 26.2 Å². The van der Waals surface area contributed by atoms with E-state index in [1.54, 1.807) is 51.1 Å². The average molecular weight is 548 g/mol. The second-order valence-corrected chi connectivity index (χ2v) is 10.1. The summed E-state index contributed by atoms with van der Waals surface area (Å²) in [6.45, 7) is 5.22. The van der Waals surface area contributed by atoms with Crippen molar-refractivity contribution in [3.63, 3.8) is 0 Å². The van der Waals surface area contributed by atoms with Gasteiger partial charge in [-0.15, -0.1) is 10.2 Å². The lowest BCUT2D eigenvalue weighted by Crippen LogP contribution is -2.33. The van der Waals surface area contributed by atoms with E-state index in [4.69, 9.17) is 4.74 Å². The van der Waals surface area contributed by atoms with E-state index in [1.807, 2.05) is 0 Å². The molecular weight excluding hydrogens is 526 g/mol. The number of nitrogens with zero attached hydrogens (tertiary/aromatic N) is 7. The predicted octanol–water partition coefficient (Wildman–Crippen LogP) is 4.52. The topological polar surface area (TPSA) is 181 Å². The Morgan fingerprint density at radius 3 is 2.67 bits per heavy atom. The third-order valence-electron chi connectivity index (χ3n) is 5.16. The van der Waals surface area contributed by atoms with Gasteiger partial charge in [0.2, 0.25) is 5.13 Å². The third kappa shape index (κ3) is 5.42. The van der Waals surface area contributed by atoms with E-state index >= 15 is 0 Å². The van der Waals surface area contributed by atoms with Crippen molar-refractivity contribution >= 4 is 57.0 Å². The molecule has 0 bridgehead atoms. The lowest BCUT2D eigenvalue weighted by Gasteiger charge is -2.25. The fourth-order valence-corrected chi connectivity index (χ4v) is 4.38. The fraction of sp³-hybridized carbons (Fsp3) is 0.167. The largest absolute Gasteiger partial charge is 0.463 e. The Labute approximate surface area is 224 Å². The van der Waals surface area contributed by atoms with Crippen molar-refractivity contribution in [3.8, 4) is 10.6 Å². The molecule has 0 spiro atoms. The first kappa shape index (κ1) is 25.5. The molecule has 2 amide bonds. The van der Waals surface area contributed by atoms with Gasteiger partial charge in [-0.05, 0) is 51.1 Å². The monoisotopic (exact) mass is 547 g/mol. The van der Waals surface area contributed by atoms with Gasteiger partial charge in [-0.3, -0.25) is 4.79 Å². The molecule has 15 heteroatoms. The van der Waals surface area contributed by atoms with Crippen LogP contribution < -0.4 is 10.2 Å². The quantitative estimate of drug-likeness (QED) is 0.283. The average Bonchev–Trinajstić information content (AvgIpc) is 3.64. The van der Waals surface area contributed by atoms with Gasteiger partial charge >= 0.3 is 12.2 Å². The van der Waals surface area contributed by atoms with Gasteiger partial charge in [0.15, 0.2) is 0 Å². The number of imidazole rings is 1. The van der Waals surface area contributed by atoms with Crippen LogP contribution in [-0.2, 0) is 4.74 Å². The van der Waals surface area contributed by atoms with E-state index in [0.717, 1.165) is 16.0 Å². The van der Waals surface area contributed by atoms with Crippen LogP contribution in [0, 0.1) is 0 Å². The number of rotatable bonds is 5. The molecule has 14 nitrogen and oxygen atoms in total. The number of hydrogen-bond acceptors (Lipinski definition) is 10. The Balaban J connectivity index is 1.48. The number of benzene rings is 1. The summed E-state index contributed by atoms with van der Waals surface area (Å²) in [5.74, 6) is -0.124. The molecule has 0 atom stereocenters. The number of fused-ring (bicyclic) bond motifs is 1. The van der Waals surface area contributed by atoms with Crippen LogP contribution in [0.3, 0.4) is 0 Å². The second-order valence-electron chi connectivity index (χ2n) is 9.14. The Morgan fingerprint density at radius 1 is 1.13 bits per heavy atom. The molecule has 198 valence electrons. The van der Waals surface area contributed by atoms with E-state index in [0.29, 0.717) is 27.2 Å². The van der Waals surface area contributed by atoms with Crippen LogP contribution in [0.25, 0.3) is 21.5 Å². The smallest absolute Gasteiger partial charge is 0.432 e. The highest BCUT2D eigenvalue weighted by molar-refractivity contribution is 7.18. The molecular formula is C24H21N9O5S. The van der Waals surface area contributed by atoms with E-state index in [-0.39, 0.29) is 16.6 Å². The predicted molar refractivity (Wildman–Crippen MR) is 141 cm³/mol. The molecule has 3 N–H and O–H groups in total. The molecule has 0 aliphatic carbocycles. The molecule has 4 aromatic heterocycles. The summed E-state index contributed by atoms with van der Waals surface area (Å²) < 4.78 is 6.46. The van der Waals surface area contributed by atoms with Crippen LogP contribution in [0.15, 0.2) is 55.2 Å². The highest BCUT2D eigenvalue weighted by Gasteiger charge is 2.28. The zero-order valence-electron chi connectivity index (χ0n) is 20.8. The van der Waals surface area contributed by atoms with Crippen molar-refractivity contribution in [3.05, 3.63) is 60.9 Å². The van der Waals surface area contributed by atoms with Crippen molar-refractivity contribution in [2.45, 2.75) is 26.4 Å². The number of hydrogen-bond donors (Lipinski definition) is 3. The molecule has 0 unspecified atom stereocenters. The van der Waals surface area contributed by atoms with Gasteiger partial charge in [-0.25, -0.2) is 24.5 Å². The highest BCUT2D eigenvalue weighted by Crippen LogP contribution is 2.35.